The smallest absolute Gasteiger partial charge is 0.347 e. The van der Waals surface area contributed by atoms with Crippen molar-refractivity contribution in [3.05, 3.63) is 169 Å². The van der Waals surface area contributed by atoms with Gasteiger partial charge in [-0.05, 0) is 117 Å². The Kier molecular flexibility index (Phi) is 10.0. The van der Waals surface area contributed by atoms with Crippen molar-refractivity contribution in [3.8, 4) is 43.9 Å². The lowest BCUT2D eigenvalue weighted by Crippen LogP contribution is -2.11. The molecule has 0 saturated carbocycles. The van der Waals surface area contributed by atoms with Crippen LogP contribution in [0.5, 0.6) is 0 Å². The van der Waals surface area contributed by atoms with E-state index in [9.17, 15) is 14.4 Å². The molecule has 11 rings (SSSR count). The Labute approximate surface area is 375 Å². The first-order valence-electron chi connectivity index (χ1n) is 22.1. The largest absolute Gasteiger partial charge is 0.422 e. The van der Waals surface area contributed by atoms with Crippen LogP contribution in [0.4, 0.5) is 0 Å². The predicted octanol–water partition coefficient (Wildman–Crippen LogP) is 13.2. The van der Waals surface area contributed by atoms with E-state index in [1.165, 1.54) is 28.0 Å². The van der Waals surface area contributed by atoms with Crippen LogP contribution in [0.3, 0.4) is 0 Å². The molecule has 0 spiro atoms. The van der Waals surface area contributed by atoms with E-state index < -0.39 is 16.9 Å². The number of hydrogen-bond donors (Lipinski definition) is 0. The van der Waals surface area contributed by atoms with Crippen molar-refractivity contribution in [1.82, 2.24) is 15.0 Å². The number of benzene rings is 6. The van der Waals surface area contributed by atoms with E-state index in [0.717, 1.165) is 87.0 Å². The minimum Gasteiger partial charge on any atom is -0.422 e. The van der Waals surface area contributed by atoms with Gasteiger partial charge in [-0.25, -0.2) is 29.3 Å². The molecular formula is C55H41N3O6S. The number of rotatable bonds is 10. The van der Waals surface area contributed by atoms with Gasteiger partial charge in [-0.1, -0.05) is 113 Å². The molecule has 0 aliphatic rings. The maximum absolute atomic E-state index is 14.0. The van der Waals surface area contributed by atoms with Crippen LogP contribution in [0.2, 0.25) is 0 Å². The van der Waals surface area contributed by atoms with Crippen LogP contribution in [0.25, 0.3) is 109 Å². The maximum Gasteiger partial charge on any atom is 0.347 e. The average molecular weight is 872 g/mol. The quantitative estimate of drug-likeness (QED) is 0.0974. The molecule has 0 N–H and O–H groups in total. The topological polar surface area (TPSA) is 129 Å². The minimum absolute atomic E-state index is 0.0240. The Bertz CT molecular complexity index is 3760. The van der Waals surface area contributed by atoms with Crippen molar-refractivity contribution in [3.63, 3.8) is 0 Å². The molecule has 0 unspecified atom stereocenters. The summed E-state index contributed by atoms with van der Waals surface area (Å²) in [6.07, 6.45) is 5.96. The van der Waals surface area contributed by atoms with Gasteiger partial charge in [0, 0.05) is 21.0 Å². The fourth-order valence-corrected chi connectivity index (χ4v) is 10.0. The second-order valence-corrected chi connectivity index (χ2v) is 17.7. The van der Waals surface area contributed by atoms with Gasteiger partial charge in [0.05, 0.1) is 10.4 Å². The highest BCUT2D eigenvalue weighted by atomic mass is 32.1. The van der Waals surface area contributed by atoms with Gasteiger partial charge in [0.2, 0.25) is 0 Å². The average Bonchev–Trinajstić information content (AvgIpc) is 3.81. The molecule has 0 fully saturated rings. The Hall–Kier alpha value is -7.56. The molecule has 0 aliphatic carbocycles. The van der Waals surface area contributed by atoms with E-state index in [0.29, 0.717) is 32.1 Å². The van der Waals surface area contributed by atoms with E-state index in [2.05, 4.69) is 75.4 Å². The van der Waals surface area contributed by atoms with Crippen LogP contribution in [-0.4, -0.2) is 15.0 Å². The Morgan fingerprint density at radius 2 is 0.754 bits per heavy atom. The lowest BCUT2D eigenvalue weighted by atomic mass is 10.0. The van der Waals surface area contributed by atoms with E-state index in [-0.39, 0.29) is 28.6 Å². The molecule has 5 aromatic heterocycles. The first-order chi connectivity index (χ1) is 31.7. The molecule has 65 heavy (non-hydrogen) atoms. The lowest BCUT2D eigenvalue weighted by molar-refractivity contribution is 0.562. The van der Waals surface area contributed by atoms with Crippen molar-refractivity contribution in [2.45, 2.75) is 59.3 Å². The lowest BCUT2D eigenvalue weighted by Gasteiger charge is -2.10. The summed E-state index contributed by atoms with van der Waals surface area (Å²) in [6, 6.07) is 39.4. The molecule has 0 saturated heterocycles. The third kappa shape index (κ3) is 7.20. The fourth-order valence-electron chi connectivity index (χ4n) is 9.08. The number of hydrogen-bond acceptors (Lipinski definition) is 10. The maximum atomic E-state index is 14.0. The summed E-state index contributed by atoms with van der Waals surface area (Å²) in [5.41, 5.74) is 3.90. The summed E-state index contributed by atoms with van der Waals surface area (Å²) in [5, 5.41) is 8.19. The molecule has 0 radical (unpaired) electrons. The second kappa shape index (κ2) is 16.2. The molecular weight excluding hydrogens is 831 g/mol. The summed E-state index contributed by atoms with van der Waals surface area (Å²) in [5.74, 6) is 0.246. The summed E-state index contributed by atoms with van der Waals surface area (Å²) in [7, 11) is 0. The van der Waals surface area contributed by atoms with Crippen molar-refractivity contribution in [1.29, 1.82) is 0 Å². The summed E-state index contributed by atoms with van der Waals surface area (Å²) >= 11 is 1.30. The Morgan fingerprint density at radius 3 is 1.17 bits per heavy atom. The third-order valence-electron chi connectivity index (χ3n) is 12.2. The summed E-state index contributed by atoms with van der Waals surface area (Å²) in [6.45, 7) is 6.46. The number of aryl methyl sites for hydroxylation is 3. The molecule has 10 heteroatoms. The van der Waals surface area contributed by atoms with Crippen LogP contribution in [0.15, 0.2) is 149 Å². The van der Waals surface area contributed by atoms with Crippen LogP contribution in [0, 0.1) is 0 Å². The normalized spacial score (nSPS) is 11.9. The monoisotopic (exact) mass is 871 g/mol. The summed E-state index contributed by atoms with van der Waals surface area (Å²) in [4.78, 5) is 57.4. The number of thiophene rings is 1. The van der Waals surface area contributed by atoms with Crippen LogP contribution in [-0.2, 0) is 19.3 Å². The van der Waals surface area contributed by atoms with E-state index in [4.69, 9.17) is 28.2 Å². The zero-order valence-corrected chi connectivity index (χ0v) is 36.8. The highest BCUT2D eigenvalue weighted by Crippen LogP contribution is 2.37. The van der Waals surface area contributed by atoms with E-state index >= 15 is 0 Å². The SMILES string of the molecule is CCCc1ccc2c(ccc3oc(=O)c(-c4nc(-c5ccc(-c6cc7c(ccc8cc(CCC)ccc87)oc6=O)s5)nc(-c5cc6c(ccc7cc(CCC)ccc76)oc5=O)n4)cc32)c1. The van der Waals surface area contributed by atoms with Gasteiger partial charge < -0.3 is 13.3 Å². The van der Waals surface area contributed by atoms with Gasteiger partial charge in [-0.3, -0.25) is 0 Å². The Balaban J connectivity index is 1.10. The van der Waals surface area contributed by atoms with E-state index in [1.54, 1.807) is 12.1 Å². The van der Waals surface area contributed by atoms with Gasteiger partial charge in [0.25, 0.3) is 0 Å². The predicted molar refractivity (Wildman–Crippen MR) is 262 cm³/mol. The number of aromatic nitrogens is 3. The van der Waals surface area contributed by atoms with Crippen molar-refractivity contribution < 1.29 is 13.3 Å². The third-order valence-corrected chi connectivity index (χ3v) is 13.3. The van der Waals surface area contributed by atoms with Crippen molar-refractivity contribution in [2.24, 2.45) is 0 Å². The summed E-state index contributed by atoms with van der Waals surface area (Å²) < 4.78 is 17.8. The van der Waals surface area contributed by atoms with Gasteiger partial charge >= 0.3 is 16.9 Å². The van der Waals surface area contributed by atoms with Crippen LogP contribution in [0.1, 0.15) is 56.7 Å². The molecule has 9 nitrogen and oxygen atoms in total. The molecule has 0 atom stereocenters. The molecule has 11 aromatic rings. The van der Waals surface area contributed by atoms with Gasteiger partial charge in [0.15, 0.2) is 17.5 Å². The van der Waals surface area contributed by atoms with Crippen LogP contribution < -0.4 is 16.9 Å². The molecule has 0 aliphatic heterocycles. The second-order valence-electron chi connectivity index (χ2n) is 16.7. The Morgan fingerprint density at radius 1 is 0.385 bits per heavy atom. The molecule has 318 valence electrons. The first kappa shape index (κ1) is 40.2. The van der Waals surface area contributed by atoms with Gasteiger partial charge in [-0.15, -0.1) is 11.3 Å². The van der Waals surface area contributed by atoms with Gasteiger partial charge in [-0.2, -0.15) is 0 Å². The molecule has 6 aromatic carbocycles. The van der Waals surface area contributed by atoms with Crippen molar-refractivity contribution in [2.75, 3.05) is 0 Å². The van der Waals surface area contributed by atoms with E-state index in [1.807, 2.05) is 54.6 Å². The number of nitrogens with zero attached hydrogens (tertiary/aromatic N) is 3. The first-order valence-corrected chi connectivity index (χ1v) is 22.9. The van der Waals surface area contributed by atoms with Crippen LogP contribution >= 0.6 is 11.3 Å². The number of fused-ring (bicyclic) bond motifs is 9. The minimum atomic E-state index is -0.642. The zero-order valence-electron chi connectivity index (χ0n) is 36.0. The highest BCUT2D eigenvalue weighted by Gasteiger charge is 2.22. The molecule has 0 bridgehead atoms. The molecule has 5 heterocycles. The van der Waals surface area contributed by atoms with Crippen molar-refractivity contribution >= 4 is 76.6 Å². The standard InChI is InChI=1S/C55H41N3O6S/c1-4-7-30-10-16-36-33(24-30)13-19-45-39(36)27-42(53(59)62-45)48-22-23-49(65-48)52-57-50(43-28-40-37-17-11-31(8-5-2)25-34(37)14-20-46(40)63-54(43)60)56-51(58-52)44-29-41-38-18-12-32(9-6-3)26-35(38)15-21-47(41)64-55(44)61/h10-29H,4-9H2,1-3H3. The zero-order chi connectivity index (χ0) is 44.3. The molecule has 0 amide bonds. The van der Waals surface area contributed by atoms with Gasteiger partial charge in [0.1, 0.15) is 27.9 Å². The highest BCUT2D eigenvalue weighted by molar-refractivity contribution is 7.18. The fraction of sp³-hybridized carbons (Fsp3) is 0.164.